The van der Waals surface area contributed by atoms with Gasteiger partial charge in [0.2, 0.25) is 5.91 Å². The summed E-state index contributed by atoms with van der Waals surface area (Å²) in [5, 5.41) is 11.3. The number of benzene rings is 1. The fourth-order valence-corrected chi connectivity index (χ4v) is 1.52. The summed E-state index contributed by atoms with van der Waals surface area (Å²) in [6.45, 7) is 0.451. The van der Waals surface area contributed by atoms with E-state index in [1.54, 1.807) is 0 Å². The van der Waals surface area contributed by atoms with Crippen LogP contribution in [0.3, 0.4) is 0 Å². The van der Waals surface area contributed by atoms with Gasteiger partial charge in [-0.2, -0.15) is 0 Å². The maximum atomic E-state index is 11.5. The molecule has 4 N–H and O–H groups in total. The molecular formula is C13H18N2O3. The van der Waals surface area contributed by atoms with Gasteiger partial charge in [-0.05, 0) is 18.4 Å². The Morgan fingerprint density at radius 2 is 1.94 bits per heavy atom. The van der Waals surface area contributed by atoms with Crippen LogP contribution in [-0.2, 0) is 16.0 Å². The molecule has 0 aliphatic carbocycles. The van der Waals surface area contributed by atoms with E-state index >= 15 is 0 Å². The Morgan fingerprint density at radius 1 is 1.28 bits per heavy atom. The molecule has 0 heterocycles. The molecule has 18 heavy (non-hydrogen) atoms. The lowest BCUT2D eigenvalue weighted by atomic mass is 10.1. The van der Waals surface area contributed by atoms with E-state index in [9.17, 15) is 9.59 Å². The van der Waals surface area contributed by atoms with Crippen molar-refractivity contribution in [3.8, 4) is 0 Å². The van der Waals surface area contributed by atoms with Crippen molar-refractivity contribution in [2.45, 2.75) is 25.3 Å². The largest absolute Gasteiger partial charge is 0.480 e. The minimum atomic E-state index is -1.01. The first kappa shape index (κ1) is 14.2. The Balaban J connectivity index is 2.16. The maximum Gasteiger partial charge on any atom is 0.320 e. The fourth-order valence-electron chi connectivity index (χ4n) is 1.52. The van der Waals surface area contributed by atoms with Crippen molar-refractivity contribution in [1.29, 1.82) is 0 Å². The Labute approximate surface area is 106 Å². The summed E-state index contributed by atoms with van der Waals surface area (Å²) in [6, 6.07) is 8.59. The summed E-state index contributed by atoms with van der Waals surface area (Å²) in [6.07, 6.45) is 1.26. The van der Waals surface area contributed by atoms with Crippen LogP contribution in [0.1, 0.15) is 18.4 Å². The first-order valence-electron chi connectivity index (χ1n) is 5.88. The van der Waals surface area contributed by atoms with Crippen LogP contribution in [-0.4, -0.2) is 29.6 Å². The summed E-state index contributed by atoms with van der Waals surface area (Å²) < 4.78 is 0. The van der Waals surface area contributed by atoms with Crippen molar-refractivity contribution >= 4 is 11.9 Å². The molecular weight excluding hydrogens is 232 g/mol. The lowest BCUT2D eigenvalue weighted by molar-refractivity contribution is -0.138. The van der Waals surface area contributed by atoms with Gasteiger partial charge in [-0.25, -0.2) is 0 Å². The Bertz CT molecular complexity index is 392. The monoisotopic (exact) mass is 250 g/mol. The van der Waals surface area contributed by atoms with Gasteiger partial charge < -0.3 is 16.2 Å². The van der Waals surface area contributed by atoms with Gasteiger partial charge in [-0.3, -0.25) is 9.59 Å². The summed E-state index contributed by atoms with van der Waals surface area (Å²) in [5.74, 6) is -1.07. The van der Waals surface area contributed by atoms with Crippen LogP contribution in [0.4, 0.5) is 0 Å². The number of hydrogen-bond donors (Lipinski definition) is 3. The van der Waals surface area contributed by atoms with Gasteiger partial charge in [-0.15, -0.1) is 0 Å². The lowest BCUT2D eigenvalue weighted by Gasteiger charge is -2.07. The van der Waals surface area contributed by atoms with Crippen LogP contribution in [0.25, 0.3) is 0 Å². The van der Waals surface area contributed by atoms with E-state index in [4.69, 9.17) is 10.8 Å². The average Bonchev–Trinajstić information content (AvgIpc) is 2.35. The molecule has 0 saturated heterocycles. The highest BCUT2D eigenvalue weighted by Crippen LogP contribution is 1.99. The van der Waals surface area contributed by atoms with E-state index in [2.05, 4.69) is 5.32 Å². The van der Waals surface area contributed by atoms with E-state index in [-0.39, 0.29) is 5.91 Å². The summed E-state index contributed by atoms with van der Waals surface area (Å²) in [5.41, 5.74) is 6.30. The summed E-state index contributed by atoms with van der Waals surface area (Å²) >= 11 is 0. The topological polar surface area (TPSA) is 92.4 Å². The first-order chi connectivity index (χ1) is 8.59. The Morgan fingerprint density at radius 3 is 2.56 bits per heavy atom. The van der Waals surface area contributed by atoms with Gasteiger partial charge >= 0.3 is 5.97 Å². The smallest absolute Gasteiger partial charge is 0.320 e. The number of carboxylic acids is 1. The third kappa shape index (κ3) is 5.45. The van der Waals surface area contributed by atoms with Crippen molar-refractivity contribution in [2.24, 2.45) is 5.73 Å². The number of nitrogens with one attached hydrogen (secondary N) is 1. The van der Waals surface area contributed by atoms with Gasteiger partial charge in [0, 0.05) is 6.54 Å². The normalized spacial score (nSPS) is 11.8. The van der Waals surface area contributed by atoms with Crippen LogP contribution in [0.5, 0.6) is 0 Å². The molecule has 5 nitrogen and oxygen atoms in total. The summed E-state index contributed by atoms with van der Waals surface area (Å²) in [4.78, 5) is 22.0. The van der Waals surface area contributed by atoms with Gasteiger partial charge in [0.1, 0.15) is 6.04 Å². The molecule has 1 amide bonds. The molecule has 0 bridgehead atoms. The zero-order valence-corrected chi connectivity index (χ0v) is 10.1. The molecule has 98 valence electrons. The molecule has 0 aliphatic heterocycles. The quantitative estimate of drug-likeness (QED) is 0.616. The minimum absolute atomic E-state index is 0.0647. The second-order valence-corrected chi connectivity index (χ2v) is 4.10. The Hall–Kier alpha value is -1.88. The molecule has 0 aliphatic rings. The molecule has 5 heteroatoms. The highest BCUT2D eigenvalue weighted by Gasteiger charge is 2.10. The number of nitrogens with two attached hydrogens (primary N) is 1. The van der Waals surface area contributed by atoms with Gasteiger partial charge in [-0.1, -0.05) is 30.3 Å². The van der Waals surface area contributed by atoms with Crippen molar-refractivity contribution in [2.75, 3.05) is 6.54 Å². The number of carbonyl (C=O) groups is 2. The van der Waals surface area contributed by atoms with Crippen LogP contribution < -0.4 is 11.1 Å². The zero-order valence-electron chi connectivity index (χ0n) is 10.1. The third-order valence-electron chi connectivity index (χ3n) is 2.54. The predicted molar refractivity (Wildman–Crippen MR) is 68.0 cm³/mol. The van der Waals surface area contributed by atoms with Gasteiger partial charge in [0.25, 0.3) is 0 Å². The fraction of sp³-hybridized carbons (Fsp3) is 0.385. The van der Waals surface area contributed by atoms with E-state index in [0.717, 1.165) is 5.56 Å². The number of amides is 1. The van der Waals surface area contributed by atoms with Gasteiger partial charge in [0.15, 0.2) is 0 Å². The zero-order chi connectivity index (χ0) is 13.4. The summed E-state index contributed by atoms with van der Waals surface area (Å²) in [7, 11) is 0. The van der Waals surface area contributed by atoms with E-state index in [0.29, 0.717) is 25.8 Å². The Kier molecular flexibility index (Phi) is 5.87. The van der Waals surface area contributed by atoms with E-state index in [1.165, 1.54) is 0 Å². The SMILES string of the molecule is N[C@@H](CCCNC(=O)Cc1ccccc1)C(=O)O. The van der Waals surface area contributed by atoms with E-state index in [1.807, 2.05) is 30.3 Å². The highest BCUT2D eigenvalue weighted by atomic mass is 16.4. The van der Waals surface area contributed by atoms with Crippen molar-refractivity contribution < 1.29 is 14.7 Å². The number of aliphatic carboxylic acids is 1. The molecule has 0 aromatic heterocycles. The number of hydrogen-bond acceptors (Lipinski definition) is 3. The van der Waals surface area contributed by atoms with Crippen LogP contribution in [0, 0.1) is 0 Å². The first-order valence-corrected chi connectivity index (χ1v) is 5.88. The molecule has 1 rings (SSSR count). The average molecular weight is 250 g/mol. The van der Waals surface area contributed by atoms with Crippen molar-refractivity contribution in [3.63, 3.8) is 0 Å². The maximum absolute atomic E-state index is 11.5. The third-order valence-corrected chi connectivity index (χ3v) is 2.54. The number of carboxylic acid groups (broad SMARTS) is 1. The van der Waals surface area contributed by atoms with Crippen LogP contribution in [0.15, 0.2) is 30.3 Å². The molecule has 1 aromatic rings. The number of carbonyl (C=O) groups excluding carboxylic acids is 1. The van der Waals surface area contributed by atoms with Crippen LogP contribution in [0.2, 0.25) is 0 Å². The molecule has 0 unspecified atom stereocenters. The predicted octanol–water partition coefficient (Wildman–Crippen LogP) is 0.537. The molecule has 1 aromatic carbocycles. The molecule has 1 atom stereocenters. The second kappa shape index (κ2) is 7.45. The molecule has 0 radical (unpaired) electrons. The lowest BCUT2D eigenvalue weighted by Crippen LogP contribution is -2.32. The highest BCUT2D eigenvalue weighted by molar-refractivity contribution is 5.78. The van der Waals surface area contributed by atoms with Crippen LogP contribution >= 0.6 is 0 Å². The molecule has 0 fully saturated rings. The van der Waals surface area contributed by atoms with Crippen molar-refractivity contribution in [1.82, 2.24) is 5.32 Å². The number of rotatable bonds is 7. The standard InChI is InChI=1S/C13H18N2O3/c14-11(13(17)18)7-4-8-15-12(16)9-10-5-2-1-3-6-10/h1-3,5-6,11H,4,7-9,14H2,(H,15,16)(H,17,18)/t11-/m0/s1. The molecule has 0 saturated carbocycles. The van der Waals surface area contributed by atoms with E-state index < -0.39 is 12.0 Å². The van der Waals surface area contributed by atoms with Crippen molar-refractivity contribution in [3.05, 3.63) is 35.9 Å². The van der Waals surface area contributed by atoms with Gasteiger partial charge in [0.05, 0.1) is 6.42 Å². The molecule has 0 spiro atoms. The minimum Gasteiger partial charge on any atom is -0.480 e. The second-order valence-electron chi connectivity index (χ2n) is 4.10.